The van der Waals surface area contributed by atoms with E-state index < -0.39 is 6.29 Å². The molecule has 0 radical (unpaired) electrons. The topological polar surface area (TPSA) is 130 Å². The first-order valence-corrected chi connectivity index (χ1v) is 10.9. The van der Waals surface area contributed by atoms with Crippen molar-refractivity contribution in [2.24, 2.45) is 0 Å². The van der Waals surface area contributed by atoms with Crippen molar-refractivity contribution in [2.45, 2.75) is 17.3 Å². The lowest BCUT2D eigenvalue weighted by Gasteiger charge is -2.21. The van der Waals surface area contributed by atoms with Crippen LogP contribution in [-0.2, 0) is 10.5 Å². The van der Waals surface area contributed by atoms with Crippen LogP contribution < -0.4 is 15.8 Å². The monoisotopic (exact) mass is 445 g/mol. The van der Waals surface area contributed by atoms with E-state index in [2.05, 4.69) is 10.3 Å². The van der Waals surface area contributed by atoms with Gasteiger partial charge in [0.15, 0.2) is 6.29 Å². The number of anilines is 1. The van der Waals surface area contributed by atoms with Crippen molar-refractivity contribution in [1.82, 2.24) is 10.3 Å². The van der Waals surface area contributed by atoms with E-state index in [-0.39, 0.29) is 30.9 Å². The van der Waals surface area contributed by atoms with E-state index in [0.29, 0.717) is 28.4 Å². The molecular weight excluding hydrogens is 418 g/mol. The van der Waals surface area contributed by atoms with Gasteiger partial charge in [-0.05, 0) is 17.7 Å². The molecule has 0 fully saturated rings. The van der Waals surface area contributed by atoms with Gasteiger partial charge >= 0.3 is 0 Å². The van der Waals surface area contributed by atoms with Crippen molar-refractivity contribution in [3.8, 4) is 5.75 Å². The molecule has 2 atom stereocenters. The maximum absolute atomic E-state index is 12.7. The predicted molar refractivity (Wildman–Crippen MR) is 122 cm³/mol. The van der Waals surface area contributed by atoms with Gasteiger partial charge in [-0.2, -0.15) is 0 Å². The summed E-state index contributed by atoms with van der Waals surface area (Å²) in [6, 6.07) is 15.0. The summed E-state index contributed by atoms with van der Waals surface area (Å²) in [5, 5.41) is 22.3. The van der Waals surface area contributed by atoms with Gasteiger partial charge in [0, 0.05) is 30.9 Å². The first kappa shape index (κ1) is 23.0. The molecule has 0 bridgehead atoms. The molecule has 1 amide bonds. The Balaban J connectivity index is 1.65. The van der Waals surface area contributed by atoms with Gasteiger partial charge < -0.3 is 35.7 Å². The van der Waals surface area contributed by atoms with E-state index >= 15 is 0 Å². The number of H-pyrrole nitrogens is 1. The number of hydrogen-bond acceptors (Lipinski definition) is 7. The van der Waals surface area contributed by atoms with Crippen molar-refractivity contribution in [3.05, 3.63) is 59.8 Å². The molecule has 0 saturated carbocycles. The lowest BCUT2D eigenvalue weighted by Crippen LogP contribution is -2.38. The normalized spacial score (nSPS) is 13.1. The third kappa shape index (κ3) is 6.14. The summed E-state index contributed by atoms with van der Waals surface area (Å²) < 4.78 is 10.5. The maximum Gasteiger partial charge on any atom is 0.267 e. The first-order chi connectivity index (χ1) is 15.0. The van der Waals surface area contributed by atoms with E-state index in [0.717, 1.165) is 10.9 Å². The molecule has 3 aromatic rings. The molecule has 0 saturated heterocycles. The minimum atomic E-state index is -1.02. The number of carbonyl (C=O) groups excluding carboxylic acids is 1. The zero-order valence-corrected chi connectivity index (χ0v) is 18.0. The van der Waals surface area contributed by atoms with Crippen LogP contribution in [0.4, 0.5) is 5.69 Å². The molecule has 2 aromatic carbocycles. The third-order valence-electron chi connectivity index (χ3n) is 4.67. The zero-order valence-electron chi connectivity index (χ0n) is 17.2. The van der Waals surface area contributed by atoms with Crippen molar-refractivity contribution >= 4 is 34.3 Å². The van der Waals surface area contributed by atoms with Gasteiger partial charge in [-0.1, -0.05) is 30.3 Å². The standard InChI is InChI=1S/C22H27N3O5S/c1-29-22(28)19(31-13-14-5-3-2-4-6-14)12-24-21(27)18-10-15-9-16(30-8-7-26)11-17(23)20(15)25-18/h2-6,9-11,19,22,25-26,28H,7-8,12-13,23H2,1H3,(H,24,27). The van der Waals surface area contributed by atoms with Gasteiger partial charge in [-0.15, -0.1) is 11.8 Å². The molecule has 3 rings (SSSR count). The van der Waals surface area contributed by atoms with Crippen LogP contribution in [-0.4, -0.2) is 59.5 Å². The number of thioether (sulfide) groups is 1. The fourth-order valence-electron chi connectivity index (χ4n) is 3.07. The second-order valence-corrected chi connectivity index (χ2v) is 8.13. The molecule has 1 aromatic heterocycles. The molecular formula is C22H27N3O5S. The molecule has 166 valence electrons. The van der Waals surface area contributed by atoms with Gasteiger partial charge in [-0.25, -0.2) is 0 Å². The molecule has 31 heavy (non-hydrogen) atoms. The number of aromatic amines is 1. The van der Waals surface area contributed by atoms with Gasteiger partial charge in [-0.3, -0.25) is 4.79 Å². The van der Waals surface area contributed by atoms with Crippen LogP contribution in [0.5, 0.6) is 5.75 Å². The van der Waals surface area contributed by atoms with E-state index in [1.807, 2.05) is 30.3 Å². The Bertz CT molecular complexity index is 995. The SMILES string of the molecule is COC(O)C(CNC(=O)c1cc2cc(OCCO)cc(N)c2[nH]1)SCc1ccccc1. The molecule has 0 spiro atoms. The van der Waals surface area contributed by atoms with Crippen LogP contribution in [0.15, 0.2) is 48.5 Å². The highest BCUT2D eigenvalue weighted by Gasteiger charge is 2.21. The van der Waals surface area contributed by atoms with Gasteiger partial charge in [0.05, 0.1) is 23.1 Å². The smallest absolute Gasteiger partial charge is 0.267 e. The molecule has 2 unspecified atom stereocenters. The van der Waals surface area contributed by atoms with Gasteiger partial charge in [0.2, 0.25) is 0 Å². The number of amides is 1. The number of methoxy groups -OCH3 is 1. The Hall–Kier alpha value is -2.72. The third-order valence-corrected chi connectivity index (χ3v) is 5.99. The number of hydrogen-bond donors (Lipinski definition) is 5. The molecule has 9 heteroatoms. The zero-order chi connectivity index (χ0) is 22.2. The Morgan fingerprint density at radius 3 is 2.74 bits per heavy atom. The molecule has 1 heterocycles. The highest BCUT2D eigenvalue weighted by molar-refractivity contribution is 7.99. The highest BCUT2D eigenvalue weighted by atomic mass is 32.2. The van der Waals surface area contributed by atoms with Crippen molar-refractivity contribution in [3.63, 3.8) is 0 Å². The van der Waals surface area contributed by atoms with Gasteiger partial charge in [0.25, 0.3) is 5.91 Å². The first-order valence-electron chi connectivity index (χ1n) is 9.82. The largest absolute Gasteiger partial charge is 0.491 e. The Labute approximate surface area is 184 Å². The lowest BCUT2D eigenvalue weighted by molar-refractivity contribution is -0.0726. The number of aromatic nitrogens is 1. The molecule has 0 aliphatic carbocycles. The molecule has 8 nitrogen and oxygen atoms in total. The van der Waals surface area contributed by atoms with Crippen LogP contribution in [0.3, 0.4) is 0 Å². The average molecular weight is 446 g/mol. The summed E-state index contributed by atoms with van der Waals surface area (Å²) in [4.78, 5) is 15.7. The highest BCUT2D eigenvalue weighted by Crippen LogP contribution is 2.28. The quantitative estimate of drug-likeness (QED) is 0.226. The summed E-state index contributed by atoms with van der Waals surface area (Å²) in [6.07, 6.45) is -1.02. The number of carbonyl (C=O) groups is 1. The van der Waals surface area contributed by atoms with Crippen molar-refractivity contribution < 1.29 is 24.5 Å². The Kier molecular flexibility index (Phi) is 8.19. The summed E-state index contributed by atoms with van der Waals surface area (Å²) in [7, 11) is 1.43. The van der Waals surface area contributed by atoms with Gasteiger partial charge in [0.1, 0.15) is 18.1 Å². The minimum Gasteiger partial charge on any atom is -0.491 e. The number of rotatable bonds is 11. The van der Waals surface area contributed by atoms with Crippen LogP contribution in [0.1, 0.15) is 16.1 Å². The minimum absolute atomic E-state index is 0.102. The number of ether oxygens (including phenoxy) is 2. The number of nitrogens with one attached hydrogen (secondary N) is 2. The number of aliphatic hydroxyl groups is 2. The number of benzene rings is 2. The molecule has 6 N–H and O–H groups in total. The van der Waals surface area contributed by atoms with E-state index in [1.165, 1.54) is 18.9 Å². The van der Waals surface area contributed by atoms with Crippen LogP contribution >= 0.6 is 11.8 Å². The lowest BCUT2D eigenvalue weighted by atomic mass is 10.2. The fraction of sp³-hybridized carbons (Fsp3) is 0.318. The van der Waals surface area contributed by atoms with E-state index in [9.17, 15) is 9.90 Å². The fourth-order valence-corrected chi connectivity index (χ4v) is 4.15. The Morgan fingerprint density at radius 2 is 2.03 bits per heavy atom. The second kappa shape index (κ2) is 11.1. The average Bonchev–Trinajstić information content (AvgIpc) is 3.22. The predicted octanol–water partition coefficient (Wildman–Crippen LogP) is 2.12. The molecule has 0 aliphatic heterocycles. The number of nitrogen functional groups attached to an aromatic ring is 1. The maximum atomic E-state index is 12.7. The molecule has 0 aliphatic rings. The summed E-state index contributed by atoms with van der Waals surface area (Å²) in [5.74, 6) is 0.883. The number of nitrogens with two attached hydrogens (primary N) is 1. The van der Waals surface area contributed by atoms with E-state index in [4.69, 9.17) is 20.3 Å². The second-order valence-electron chi connectivity index (χ2n) is 6.90. The van der Waals surface area contributed by atoms with Crippen molar-refractivity contribution in [1.29, 1.82) is 0 Å². The van der Waals surface area contributed by atoms with Crippen LogP contribution in [0.2, 0.25) is 0 Å². The van der Waals surface area contributed by atoms with Crippen molar-refractivity contribution in [2.75, 3.05) is 32.6 Å². The number of fused-ring (bicyclic) bond motifs is 1. The van der Waals surface area contributed by atoms with Crippen LogP contribution in [0, 0.1) is 0 Å². The summed E-state index contributed by atoms with van der Waals surface area (Å²) in [5.41, 5.74) is 8.60. The number of aliphatic hydroxyl groups excluding tert-OH is 2. The van der Waals surface area contributed by atoms with E-state index in [1.54, 1.807) is 18.2 Å². The summed E-state index contributed by atoms with van der Waals surface area (Å²) in [6.45, 7) is 0.281. The Morgan fingerprint density at radius 1 is 1.26 bits per heavy atom. The van der Waals surface area contributed by atoms with Crippen LogP contribution in [0.25, 0.3) is 10.9 Å². The summed E-state index contributed by atoms with van der Waals surface area (Å²) >= 11 is 1.50.